The number of aromatic nitrogens is 4. The maximum Gasteiger partial charge on any atom is 0.316 e. The van der Waals surface area contributed by atoms with Crippen LogP contribution in [0.15, 0.2) is 60.7 Å². The van der Waals surface area contributed by atoms with Crippen LogP contribution in [0, 0.1) is 0 Å². The number of nitrogens with one attached hydrogen (secondary N) is 3. The number of aryl methyl sites for hydroxylation is 1. The van der Waals surface area contributed by atoms with E-state index in [0.717, 1.165) is 63.5 Å². The molecule has 2 aromatic heterocycles. The zero-order chi connectivity index (χ0) is 51.2. The molecule has 0 fully saturated rings. The van der Waals surface area contributed by atoms with E-state index in [1.807, 2.05) is 36.4 Å². The van der Waals surface area contributed by atoms with Crippen molar-refractivity contribution in [3.63, 3.8) is 0 Å². The molecule has 0 aliphatic carbocycles. The predicted octanol–water partition coefficient (Wildman–Crippen LogP) is 16.1. The quantitative estimate of drug-likeness (QED) is 0.0325. The third-order valence-corrected chi connectivity index (χ3v) is 14.2. The molecule has 0 aliphatic rings. The van der Waals surface area contributed by atoms with E-state index in [9.17, 15) is 8.42 Å². The number of aromatic amines is 1. The first-order valence-corrected chi connectivity index (χ1v) is 29.8. The van der Waals surface area contributed by atoms with Crippen LogP contribution in [0.2, 0.25) is 0 Å². The van der Waals surface area contributed by atoms with Gasteiger partial charge in [-0.3, -0.25) is 14.5 Å². The van der Waals surface area contributed by atoms with E-state index in [2.05, 4.69) is 56.1 Å². The highest BCUT2D eigenvalue weighted by Crippen LogP contribution is 2.35. The Balaban J connectivity index is 1.33. The molecule has 15 heteroatoms. The Morgan fingerprint density at radius 1 is 0.528 bits per heavy atom. The normalized spacial score (nSPS) is 12.3. The number of benzene rings is 3. The third kappa shape index (κ3) is 21.4. The lowest BCUT2D eigenvalue weighted by Crippen LogP contribution is -2.14. The fourth-order valence-electron chi connectivity index (χ4n) is 8.44. The SMILES string of the molecule is CCCCCCCCOc1ccc(OS(=O)Nc2cc(NS(=O)Oc3ccc(CCCCCCCC)cc3OCCCCCCCC)cc(-c3nc4cc(C(C)C)[nH]n4n3)c2)c(OCCCCCCCC)c1. The van der Waals surface area contributed by atoms with Crippen LogP contribution in [0.1, 0.15) is 213 Å². The largest absolute Gasteiger partial charge is 0.493 e. The van der Waals surface area contributed by atoms with Crippen molar-refractivity contribution in [3.05, 3.63) is 71.9 Å². The smallest absolute Gasteiger partial charge is 0.316 e. The molecule has 0 amide bonds. The number of H-pyrrole nitrogens is 1. The summed E-state index contributed by atoms with van der Waals surface area (Å²) in [5.41, 5.74) is 4.23. The van der Waals surface area contributed by atoms with Crippen LogP contribution in [0.5, 0.6) is 28.7 Å². The molecule has 3 aromatic carbocycles. The lowest BCUT2D eigenvalue weighted by Gasteiger charge is -2.16. The standard InChI is InChI=1S/C57H88N6O7S2/c1-7-11-15-19-23-27-31-46-32-34-52(54(39-46)67-37-29-25-21-17-13-9-3)69-71(64)61-48-40-47(57-58-56-44-51(45(5)6)59-63(56)60-57)41-49(42-48)62-72(65)70-53-35-33-50(66-36-28-24-20-16-12-8-2)43-55(53)68-38-30-26-22-18-14-10-4/h32-35,39-45,59,61-62H,7-31,36-38H2,1-6H3. The number of hydrogen-bond donors (Lipinski definition) is 3. The molecule has 0 saturated carbocycles. The van der Waals surface area contributed by atoms with Gasteiger partial charge in [-0.15, -0.1) is 5.10 Å². The second-order valence-electron chi connectivity index (χ2n) is 19.5. The summed E-state index contributed by atoms with van der Waals surface area (Å²) in [6.07, 6.45) is 29.0. The summed E-state index contributed by atoms with van der Waals surface area (Å²) in [7, 11) is 0. The summed E-state index contributed by atoms with van der Waals surface area (Å²) < 4.78 is 66.5. The van der Waals surface area contributed by atoms with Gasteiger partial charge in [-0.25, -0.2) is 4.98 Å². The first kappa shape index (κ1) is 58.1. The highest BCUT2D eigenvalue weighted by Gasteiger charge is 2.18. The van der Waals surface area contributed by atoms with Gasteiger partial charge in [0.05, 0.1) is 31.2 Å². The molecular formula is C57H88N6O7S2. The maximum absolute atomic E-state index is 13.9. The highest BCUT2D eigenvalue weighted by molar-refractivity contribution is 7.82. The van der Waals surface area contributed by atoms with E-state index in [4.69, 9.17) is 32.7 Å². The zero-order valence-electron chi connectivity index (χ0n) is 44.7. The molecule has 2 atom stereocenters. The Kier molecular flexibility index (Phi) is 27.3. The summed E-state index contributed by atoms with van der Waals surface area (Å²) in [5.74, 6) is 3.11. The molecule has 0 spiro atoms. The Morgan fingerprint density at radius 2 is 1.00 bits per heavy atom. The van der Waals surface area contributed by atoms with Crippen molar-refractivity contribution < 1.29 is 31.0 Å². The first-order chi connectivity index (χ1) is 35.2. The number of anilines is 2. The van der Waals surface area contributed by atoms with Crippen LogP contribution in [0.25, 0.3) is 17.0 Å². The van der Waals surface area contributed by atoms with Gasteiger partial charge in [0.15, 0.2) is 34.5 Å². The molecule has 5 aromatic rings. The second kappa shape index (κ2) is 33.9. The average molecular weight is 1030 g/mol. The Labute approximate surface area is 437 Å². The van der Waals surface area contributed by atoms with Gasteiger partial charge in [0.25, 0.3) is 0 Å². The molecular weight excluding hydrogens is 945 g/mol. The number of unbranched alkanes of at least 4 members (excludes halogenated alkanes) is 20. The molecule has 2 unspecified atom stereocenters. The molecule has 72 heavy (non-hydrogen) atoms. The Morgan fingerprint density at radius 3 is 1.51 bits per heavy atom. The van der Waals surface area contributed by atoms with Crippen LogP contribution in [-0.4, -0.2) is 48.0 Å². The van der Waals surface area contributed by atoms with Gasteiger partial charge in [0.2, 0.25) is 0 Å². The summed E-state index contributed by atoms with van der Waals surface area (Å²) in [6.45, 7) is 14.8. The van der Waals surface area contributed by atoms with Crippen molar-refractivity contribution in [1.29, 1.82) is 0 Å². The van der Waals surface area contributed by atoms with Crippen LogP contribution in [-0.2, 0) is 29.0 Å². The molecule has 0 saturated heterocycles. The molecule has 0 aliphatic heterocycles. The summed E-state index contributed by atoms with van der Waals surface area (Å²) >= 11 is -4.15. The lowest BCUT2D eigenvalue weighted by molar-refractivity contribution is 0.284. The van der Waals surface area contributed by atoms with Gasteiger partial charge in [-0.1, -0.05) is 176 Å². The molecule has 0 radical (unpaired) electrons. The molecule has 3 N–H and O–H groups in total. The predicted molar refractivity (Wildman–Crippen MR) is 298 cm³/mol. The van der Waals surface area contributed by atoms with Gasteiger partial charge in [0, 0.05) is 23.4 Å². The minimum Gasteiger partial charge on any atom is -0.493 e. The van der Waals surface area contributed by atoms with E-state index in [-0.39, 0.29) is 5.92 Å². The molecule has 13 nitrogen and oxygen atoms in total. The van der Waals surface area contributed by atoms with E-state index in [1.54, 1.807) is 28.9 Å². The number of hydrogen-bond acceptors (Lipinski definition) is 9. The monoisotopic (exact) mass is 1030 g/mol. The zero-order valence-corrected chi connectivity index (χ0v) is 46.3. The van der Waals surface area contributed by atoms with Gasteiger partial charge < -0.3 is 22.6 Å². The van der Waals surface area contributed by atoms with Crippen molar-refractivity contribution >= 4 is 39.6 Å². The van der Waals surface area contributed by atoms with Crippen molar-refractivity contribution in [2.75, 3.05) is 29.3 Å². The minimum atomic E-state index is -2.09. The minimum absolute atomic E-state index is 0.263. The third-order valence-electron chi connectivity index (χ3n) is 12.7. The van der Waals surface area contributed by atoms with E-state index < -0.39 is 22.5 Å². The maximum atomic E-state index is 13.9. The van der Waals surface area contributed by atoms with Crippen LogP contribution in [0.3, 0.4) is 0 Å². The lowest BCUT2D eigenvalue weighted by atomic mass is 10.0. The Bertz CT molecular complexity index is 2300. The highest BCUT2D eigenvalue weighted by atomic mass is 32.2. The second-order valence-corrected chi connectivity index (χ2v) is 21.1. The van der Waals surface area contributed by atoms with E-state index in [1.165, 1.54) is 108 Å². The van der Waals surface area contributed by atoms with Crippen molar-refractivity contribution in [2.45, 2.75) is 208 Å². The summed E-state index contributed by atoms with van der Waals surface area (Å²) in [4.78, 5) is 4.80. The molecule has 2 heterocycles. The van der Waals surface area contributed by atoms with Crippen LogP contribution < -0.4 is 32.0 Å². The van der Waals surface area contributed by atoms with E-state index in [0.29, 0.717) is 77.0 Å². The van der Waals surface area contributed by atoms with Crippen LogP contribution >= 0.6 is 0 Å². The van der Waals surface area contributed by atoms with Crippen molar-refractivity contribution in [2.24, 2.45) is 0 Å². The van der Waals surface area contributed by atoms with Crippen molar-refractivity contribution in [3.8, 4) is 40.1 Å². The number of nitrogens with zero attached hydrogens (tertiary/aromatic N) is 3. The van der Waals surface area contributed by atoms with Gasteiger partial charge in [-0.05, 0) is 86.1 Å². The van der Waals surface area contributed by atoms with Gasteiger partial charge in [-0.2, -0.15) is 13.0 Å². The van der Waals surface area contributed by atoms with Gasteiger partial charge in [0.1, 0.15) is 5.75 Å². The Hall–Kier alpha value is -4.76. The molecule has 0 bridgehead atoms. The topological polar surface area (TPSA) is 150 Å². The van der Waals surface area contributed by atoms with E-state index >= 15 is 0 Å². The fourth-order valence-corrected chi connectivity index (χ4v) is 9.75. The summed E-state index contributed by atoms with van der Waals surface area (Å²) in [5, 5.41) is 8.03. The molecule has 5 rings (SSSR count). The first-order valence-electron chi connectivity index (χ1n) is 27.7. The van der Waals surface area contributed by atoms with Crippen molar-refractivity contribution in [1.82, 2.24) is 19.8 Å². The van der Waals surface area contributed by atoms with Gasteiger partial charge >= 0.3 is 22.5 Å². The number of rotatable bonds is 41. The fraction of sp³-hybridized carbons (Fsp3) is 0.614. The average Bonchev–Trinajstić information content (AvgIpc) is 3.96. The number of fused-ring (bicyclic) bond motifs is 1. The summed E-state index contributed by atoms with van der Waals surface area (Å²) in [6, 6.07) is 18.5. The molecule has 400 valence electrons. The van der Waals surface area contributed by atoms with Crippen LogP contribution in [0.4, 0.5) is 11.4 Å². The number of ether oxygens (including phenoxy) is 3.